The molecule has 5 nitrogen and oxygen atoms in total. The molecule has 48 heavy (non-hydrogen) atoms. The smallest absolute Gasteiger partial charge is 0.408 e. The van der Waals surface area contributed by atoms with Crippen LogP contribution in [0.5, 0.6) is 0 Å². The van der Waals surface area contributed by atoms with Gasteiger partial charge in [-0.1, -0.05) is 195 Å². The first kappa shape index (κ1) is 46.7. The van der Waals surface area contributed by atoms with E-state index in [2.05, 4.69) is 33.0 Å². The monoisotopic (exact) mass is 680 g/mol. The van der Waals surface area contributed by atoms with Gasteiger partial charge in [-0.3, -0.25) is 4.79 Å². The lowest BCUT2D eigenvalue weighted by atomic mass is 9.94. The van der Waals surface area contributed by atoms with Crippen LogP contribution in [-0.2, 0) is 14.3 Å². The number of hydrogen-bond donors (Lipinski definition) is 1. The number of unbranched alkanes of at least 4 members (excludes halogenated alkanes) is 22. The van der Waals surface area contributed by atoms with Gasteiger partial charge in [0, 0.05) is 0 Å². The first-order chi connectivity index (χ1) is 23.0. The lowest BCUT2D eigenvalue weighted by Crippen LogP contribution is -2.36. The van der Waals surface area contributed by atoms with E-state index in [1.54, 1.807) is 0 Å². The van der Waals surface area contributed by atoms with Gasteiger partial charge in [-0.15, -0.1) is 0 Å². The highest BCUT2D eigenvalue weighted by molar-refractivity contribution is 5.77. The van der Waals surface area contributed by atoms with Crippen LogP contribution in [0.15, 0.2) is 0 Å². The predicted molar refractivity (Wildman–Crippen MR) is 208 cm³/mol. The van der Waals surface area contributed by atoms with Gasteiger partial charge in [-0.05, 0) is 51.4 Å². The summed E-state index contributed by atoms with van der Waals surface area (Å²) in [7, 11) is 0. The van der Waals surface area contributed by atoms with Crippen LogP contribution in [0.2, 0.25) is 0 Å². The van der Waals surface area contributed by atoms with E-state index in [4.69, 9.17) is 9.47 Å². The minimum atomic E-state index is -0.585. The Hall–Kier alpha value is -1.26. The second-order valence-electron chi connectivity index (χ2n) is 16.8. The zero-order valence-corrected chi connectivity index (χ0v) is 33.6. The number of amides is 1. The second-order valence-corrected chi connectivity index (χ2v) is 16.8. The standard InChI is InChI=1S/C43H85NO4/c1-38(2)32-28-24-20-16-12-8-10-14-18-22-26-30-34-40(37-47-41(45)36-44-42(46)48-43(5,6)7)35-31-27-23-19-15-11-9-13-17-21-25-29-33-39(3)4/h38-40H,8-37H2,1-7H3,(H,44,46). The summed E-state index contributed by atoms with van der Waals surface area (Å²) in [5, 5.41) is 2.53. The Morgan fingerprint density at radius 1 is 0.479 bits per heavy atom. The molecule has 286 valence electrons. The fraction of sp³-hybridized carbons (Fsp3) is 0.953. The predicted octanol–water partition coefficient (Wildman–Crippen LogP) is 13.9. The summed E-state index contributed by atoms with van der Waals surface area (Å²) in [5.74, 6) is 1.74. The molecule has 0 unspecified atom stereocenters. The van der Waals surface area contributed by atoms with Crippen LogP contribution < -0.4 is 5.32 Å². The summed E-state index contributed by atoms with van der Waals surface area (Å²) >= 11 is 0. The van der Waals surface area contributed by atoms with E-state index in [1.807, 2.05) is 20.8 Å². The van der Waals surface area contributed by atoms with Crippen molar-refractivity contribution in [1.82, 2.24) is 5.32 Å². The van der Waals surface area contributed by atoms with Crippen LogP contribution in [-0.4, -0.2) is 30.8 Å². The van der Waals surface area contributed by atoms with Crippen molar-refractivity contribution < 1.29 is 19.1 Å². The van der Waals surface area contributed by atoms with Gasteiger partial charge in [-0.2, -0.15) is 0 Å². The SMILES string of the molecule is CC(C)CCCCCCCCCCCCCCC(CCCCCCCCCCCCCCC(C)C)COC(=O)CNC(=O)OC(C)(C)C. The van der Waals surface area contributed by atoms with Crippen molar-refractivity contribution in [1.29, 1.82) is 0 Å². The molecule has 0 aromatic heterocycles. The van der Waals surface area contributed by atoms with Crippen LogP contribution in [0.4, 0.5) is 4.79 Å². The van der Waals surface area contributed by atoms with Crippen LogP contribution in [0.25, 0.3) is 0 Å². The van der Waals surface area contributed by atoms with E-state index < -0.39 is 11.7 Å². The van der Waals surface area contributed by atoms with Crippen LogP contribution in [0, 0.1) is 17.8 Å². The fourth-order valence-corrected chi connectivity index (χ4v) is 6.54. The minimum Gasteiger partial charge on any atom is -0.464 e. The van der Waals surface area contributed by atoms with Gasteiger partial charge in [-0.25, -0.2) is 4.79 Å². The van der Waals surface area contributed by atoms with Crippen molar-refractivity contribution in [2.24, 2.45) is 17.8 Å². The minimum absolute atomic E-state index is 0.141. The second kappa shape index (κ2) is 32.9. The fourth-order valence-electron chi connectivity index (χ4n) is 6.54. The maximum Gasteiger partial charge on any atom is 0.408 e. The molecule has 0 aromatic rings. The number of hydrogen-bond acceptors (Lipinski definition) is 4. The van der Waals surface area contributed by atoms with Gasteiger partial charge in [0.1, 0.15) is 12.1 Å². The van der Waals surface area contributed by atoms with E-state index in [0.29, 0.717) is 12.5 Å². The average Bonchev–Trinajstić information content (AvgIpc) is 3.01. The highest BCUT2D eigenvalue weighted by Crippen LogP contribution is 2.21. The van der Waals surface area contributed by atoms with Gasteiger partial charge in [0.05, 0.1) is 6.61 Å². The quantitative estimate of drug-likeness (QED) is 0.0543. The molecule has 0 fully saturated rings. The number of alkyl carbamates (subject to hydrolysis) is 1. The first-order valence-corrected chi connectivity index (χ1v) is 21.1. The van der Waals surface area contributed by atoms with Crippen molar-refractivity contribution in [2.45, 2.75) is 234 Å². The highest BCUT2D eigenvalue weighted by Gasteiger charge is 2.18. The molecular formula is C43H85NO4. The molecule has 0 aliphatic heterocycles. The van der Waals surface area contributed by atoms with Gasteiger partial charge < -0.3 is 14.8 Å². The molecule has 0 aliphatic carbocycles. The number of rotatable bonds is 34. The molecule has 0 aromatic carbocycles. The molecule has 1 N–H and O–H groups in total. The average molecular weight is 680 g/mol. The molecule has 0 spiro atoms. The zero-order chi connectivity index (χ0) is 35.7. The van der Waals surface area contributed by atoms with E-state index in [0.717, 1.165) is 24.7 Å². The van der Waals surface area contributed by atoms with Crippen molar-refractivity contribution in [3.05, 3.63) is 0 Å². The number of nitrogens with one attached hydrogen (secondary N) is 1. The van der Waals surface area contributed by atoms with Crippen LogP contribution >= 0.6 is 0 Å². The Labute approximate surface area is 300 Å². The molecule has 0 rings (SSSR count). The Kier molecular flexibility index (Phi) is 32.1. The first-order valence-electron chi connectivity index (χ1n) is 21.1. The number of ether oxygens (including phenoxy) is 2. The molecule has 0 saturated carbocycles. The molecule has 0 saturated heterocycles. The Bertz CT molecular complexity index is 678. The number of esters is 1. The summed E-state index contributed by atoms with van der Waals surface area (Å²) in [4.78, 5) is 24.2. The summed E-state index contributed by atoms with van der Waals surface area (Å²) in [6.45, 7) is 15.1. The van der Waals surface area contributed by atoms with Gasteiger partial charge >= 0.3 is 12.1 Å². The molecule has 1 amide bonds. The lowest BCUT2D eigenvalue weighted by molar-refractivity contribution is -0.144. The van der Waals surface area contributed by atoms with Crippen molar-refractivity contribution in [2.75, 3.05) is 13.2 Å². The van der Waals surface area contributed by atoms with Crippen molar-refractivity contribution in [3.8, 4) is 0 Å². The zero-order valence-electron chi connectivity index (χ0n) is 33.6. The molecule has 0 aliphatic rings. The Balaban J connectivity index is 4.12. The van der Waals surface area contributed by atoms with Crippen molar-refractivity contribution in [3.63, 3.8) is 0 Å². The third kappa shape index (κ3) is 37.6. The summed E-state index contributed by atoms with van der Waals surface area (Å²) in [6, 6.07) is 0. The van der Waals surface area contributed by atoms with Crippen LogP contribution in [0.3, 0.4) is 0 Å². The van der Waals surface area contributed by atoms with Gasteiger partial charge in [0.25, 0.3) is 0 Å². The summed E-state index contributed by atoms with van der Waals surface area (Å²) in [5.41, 5.74) is -0.585. The van der Waals surface area contributed by atoms with E-state index in [9.17, 15) is 9.59 Å². The largest absolute Gasteiger partial charge is 0.464 e. The summed E-state index contributed by atoms with van der Waals surface area (Å²) < 4.78 is 10.9. The Morgan fingerprint density at radius 2 is 0.771 bits per heavy atom. The maximum absolute atomic E-state index is 12.4. The van der Waals surface area contributed by atoms with E-state index >= 15 is 0 Å². The van der Waals surface area contributed by atoms with E-state index in [1.165, 1.54) is 167 Å². The van der Waals surface area contributed by atoms with Gasteiger partial charge in [0.2, 0.25) is 0 Å². The van der Waals surface area contributed by atoms with Crippen molar-refractivity contribution >= 4 is 12.1 Å². The molecule has 0 radical (unpaired) electrons. The molecule has 0 bridgehead atoms. The highest BCUT2D eigenvalue weighted by atomic mass is 16.6. The molecular weight excluding hydrogens is 594 g/mol. The molecule has 0 atom stereocenters. The maximum atomic E-state index is 12.4. The van der Waals surface area contributed by atoms with E-state index in [-0.39, 0.29) is 12.5 Å². The lowest BCUT2D eigenvalue weighted by Gasteiger charge is -2.20. The molecule has 0 heterocycles. The normalized spacial score (nSPS) is 12.0. The third-order valence-electron chi connectivity index (χ3n) is 9.54. The molecule has 5 heteroatoms. The van der Waals surface area contributed by atoms with Crippen LogP contribution in [0.1, 0.15) is 228 Å². The number of carbonyl (C=O) groups excluding carboxylic acids is 2. The number of carbonyl (C=O) groups is 2. The van der Waals surface area contributed by atoms with Gasteiger partial charge in [0.15, 0.2) is 0 Å². The summed E-state index contributed by atoms with van der Waals surface area (Å²) in [6.07, 6.45) is 37.2. The topological polar surface area (TPSA) is 64.6 Å². The third-order valence-corrected chi connectivity index (χ3v) is 9.54. The Morgan fingerprint density at radius 3 is 1.06 bits per heavy atom.